The van der Waals surface area contributed by atoms with Gasteiger partial charge in [0.1, 0.15) is 5.69 Å². The van der Waals surface area contributed by atoms with Crippen LogP contribution in [0.15, 0.2) is 18.2 Å². The molecule has 96 valence electrons. The van der Waals surface area contributed by atoms with Crippen molar-refractivity contribution in [3.63, 3.8) is 0 Å². The monoisotopic (exact) mass is 267 g/mol. The maximum Gasteiger partial charge on any atom is 0.292 e. The maximum absolute atomic E-state index is 11.9. The van der Waals surface area contributed by atoms with Gasteiger partial charge in [0.15, 0.2) is 0 Å². The third kappa shape index (κ3) is 2.80. The first kappa shape index (κ1) is 12.8. The van der Waals surface area contributed by atoms with Crippen molar-refractivity contribution in [3.05, 3.63) is 33.9 Å². The van der Waals surface area contributed by atoms with Crippen LogP contribution in [-0.4, -0.2) is 28.5 Å². The molecule has 1 atom stereocenters. The van der Waals surface area contributed by atoms with E-state index in [-0.39, 0.29) is 23.3 Å². The summed E-state index contributed by atoms with van der Waals surface area (Å²) >= 11 is 1.63. The van der Waals surface area contributed by atoms with E-state index in [2.05, 4.69) is 10.6 Å². The van der Waals surface area contributed by atoms with Crippen LogP contribution in [0, 0.1) is 17.0 Å². The van der Waals surface area contributed by atoms with Gasteiger partial charge in [-0.1, -0.05) is 6.07 Å². The average molecular weight is 267 g/mol. The highest BCUT2D eigenvalue weighted by atomic mass is 32.2. The highest BCUT2D eigenvalue weighted by Crippen LogP contribution is 2.25. The average Bonchev–Trinajstić information content (AvgIpc) is 2.81. The molecule has 0 spiro atoms. The molecule has 1 aliphatic rings. The Morgan fingerprint density at radius 2 is 2.39 bits per heavy atom. The molecule has 18 heavy (non-hydrogen) atoms. The van der Waals surface area contributed by atoms with Gasteiger partial charge in [-0.05, 0) is 18.6 Å². The number of thioether (sulfide) groups is 1. The lowest BCUT2D eigenvalue weighted by Crippen LogP contribution is -2.37. The van der Waals surface area contributed by atoms with E-state index in [1.54, 1.807) is 23.9 Å². The number of benzene rings is 1. The minimum atomic E-state index is -0.494. The lowest BCUT2D eigenvalue weighted by molar-refractivity contribution is -0.383. The van der Waals surface area contributed by atoms with Crippen LogP contribution in [0.25, 0.3) is 0 Å². The number of hydrogen-bond donors (Lipinski definition) is 2. The van der Waals surface area contributed by atoms with Crippen molar-refractivity contribution in [2.45, 2.75) is 13.0 Å². The van der Waals surface area contributed by atoms with E-state index in [0.29, 0.717) is 5.75 Å². The van der Waals surface area contributed by atoms with Crippen LogP contribution in [0.2, 0.25) is 0 Å². The molecule has 0 radical (unpaired) electrons. The highest BCUT2D eigenvalue weighted by molar-refractivity contribution is 7.99. The molecular formula is C11H13N3O3S. The maximum atomic E-state index is 11.9. The van der Waals surface area contributed by atoms with E-state index >= 15 is 0 Å². The largest absolute Gasteiger partial charge is 0.319 e. The fourth-order valence-electron chi connectivity index (χ4n) is 1.69. The van der Waals surface area contributed by atoms with Crippen LogP contribution in [0.5, 0.6) is 0 Å². The first-order chi connectivity index (χ1) is 8.58. The topological polar surface area (TPSA) is 84.3 Å². The number of nitro benzene ring substituents is 1. The number of anilines is 1. The van der Waals surface area contributed by atoms with E-state index in [1.807, 2.05) is 6.92 Å². The van der Waals surface area contributed by atoms with Gasteiger partial charge in [0.05, 0.1) is 11.0 Å². The van der Waals surface area contributed by atoms with Gasteiger partial charge in [-0.3, -0.25) is 20.2 Å². The summed E-state index contributed by atoms with van der Waals surface area (Å²) in [6, 6.07) is 4.38. The summed E-state index contributed by atoms with van der Waals surface area (Å²) in [4.78, 5) is 22.3. The van der Waals surface area contributed by atoms with Gasteiger partial charge in [0.25, 0.3) is 5.69 Å². The Labute approximate surface area is 108 Å². The summed E-state index contributed by atoms with van der Waals surface area (Å²) in [5, 5.41) is 16.5. The molecule has 2 rings (SSSR count). The molecule has 1 unspecified atom stereocenters. The van der Waals surface area contributed by atoms with Crippen molar-refractivity contribution >= 4 is 29.0 Å². The number of carbonyl (C=O) groups is 1. The summed E-state index contributed by atoms with van der Waals surface area (Å²) in [5.74, 6) is 1.19. The Morgan fingerprint density at radius 1 is 1.61 bits per heavy atom. The van der Waals surface area contributed by atoms with Crippen molar-refractivity contribution in [2.75, 3.05) is 16.9 Å². The second kappa shape index (κ2) is 5.36. The van der Waals surface area contributed by atoms with Crippen molar-refractivity contribution in [1.82, 2.24) is 5.32 Å². The Bertz CT molecular complexity index is 486. The quantitative estimate of drug-likeness (QED) is 0.640. The van der Waals surface area contributed by atoms with Crippen LogP contribution in [0.3, 0.4) is 0 Å². The Balaban J connectivity index is 2.19. The van der Waals surface area contributed by atoms with Gasteiger partial charge in [-0.2, -0.15) is 0 Å². The number of carbonyl (C=O) groups excluding carboxylic acids is 1. The van der Waals surface area contributed by atoms with Crippen LogP contribution in [0.4, 0.5) is 11.4 Å². The molecule has 1 fully saturated rings. The normalized spacial score (nSPS) is 18.6. The first-order valence-electron chi connectivity index (χ1n) is 5.45. The summed E-state index contributed by atoms with van der Waals surface area (Å²) in [7, 11) is 0. The molecule has 0 bridgehead atoms. The SMILES string of the molecule is Cc1ccc([N+](=O)[O-])c(NC(=O)C2CSCN2)c1. The lowest BCUT2D eigenvalue weighted by Gasteiger charge is -2.11. The highest BCUT2D eigenvalue weighted by Gasteiger charge is 2.24. The number of hydrogen-bond acceptors (Lipinski definition) is 5. The van der Waals surface area contributed by atoms with E-state index in [4.69, 9.17) is 0 Å². The van der Waals surface area contributed by atoms with Gasteiger partial charge in [-0.15, -0.1) is 11.8 Å². The molecule has 0 saturated carbocycles. The zero-order valence-electron chi connectivity index (χ0n) is 9.80. The summed E-state index contributed by atoms with van der Waals surface area (Å²) in [5.41, 5.74) is 1.04. The van der Waals surface area contributed by atoms with Gasteiger partial charge in [0, 0.05) is 17.7 Å². The van der Waals surface area contributed by atoms with E-state index in [9.17, 15) is 14.9 Å². The summed E-state index contributed by atoms with van der Waals surface area (Å²) in [6.45, 7) is 1.82. The smallest absolute Gasteiger partial charge is 0.292 e. The second-order valence-electron chi connectivity index (χ2n) is 4.04. The summed E-state index contributed by atoms with van der Waals surface area (Å²) in [6.07, 6.45) is 0. The number of nitrogens with one attached hydrogen (secondary N) is 2. The second-order valence-corrected chi connectivity index (χ2v) is 5.07. The van der Waals surface area contributed by atoms with Gasteiger partial charge in [-0.25, -0.2) is 0 Å². The van der Waals surface area contributed by atoms with Gasteiger partial charge < -0.3 is 5.32 Å². The fourth-order valence-corrected chi connectivity index (χ4v) is 2.63. The molecule has 1 aromatic carbocycles. The molecule has 1 heterocycles. The Morgan fingerprint density at radius 3 is 3.00 bits per heavy atom. The third-order valence-corrected chi connectivity index (χ3v) is 3.58. The molecule has 6 nitrogen and oxygen atoms in total. The molecule has 1 aliphatic heterocycles. The van der Waals surface area contributed by atoms with E-state index < -0.39 is 4.92 Å². The first-order valence-corrected chi connectivity index (χ1v) is 6.60. The molecule has 0 aromatic heterocycles. The molecule has 1 amide bonds. The van der Waals surface area contributed by atoms with Crippen LogP contribution in [-0.2, 0) is 4.79 Å². The Hall–Kier alpha value is -1.60. The van der Waals surface area contributed by atoms with Crippen LogP contribution < -0.4 is 10.6 Å². The predicted octanol–water partition coefficient (Wildman–Crippen LogP) is 1.50. The van der Waals surface area contributed by atoms with Crippen molar-refractivity contribution in [3.8, 4) is 0 Å². The Kier molecular flexibility index (Phi) is 3.83. The number of nitrogens with zero attached hydrogens (tertiary/aromatic N) is 1. The number of nitro groups is 1. The van der Waals surface area contributed by atoms with E-state index in [1.165, 1.54) is 6.07 Å². The third-order valence-electron chi connectivity index (χ3n) is 2.64. The number of aryl methyl sites for hydroxylation is 1. The van der Waals surface area contributed by atoms with Crippen LogP contribution >= 0.6 is 11.8 Å². The zero-order chi connectivity index (χ0) is 13.1. The number of amides is 1. The van der Waals surface area contributed by atoms with E-state index in [0.717, 1.165) is 11.4 Å². The molecule has 1 aromatic rings. The molecule has 7 heteroatoms. The summed E-state index contributed by atoms with van der Waals surface area (Å²) < 4.78 is 0. The van der Waals surface area contributed by atoms with Crippen LogP contribution in [0.1, 0.15) is 5.56 Å². The standard InChI is InChI=1S/C11H13N3O3S/c1-7-2-3-10(14(16)17)8(4-7)13-11(15)9-5-18-6-12-9/h2-4,9,12H,5-6H2,1H3,(H,13,15). The predicted molar refractivity (Wildman–Crippen MR) is 70.7 cm³/mol. The van der Waals surface area contributed by atoms with Crippen molar-refractivity contribution in [2.24, 2.45) is 0 Å². The fraction of sp³-hybridized carbons (Fsp3) is 0.364. The molecular weight excluding hydrogens is 254 g/mol. The van der Waals surface area contributed by atoms with Crippen molar-refractivity contribution in [1.29, 1.82) is 0 Å². The molecule has 1 saturated heterocycles. The van der Waals surface area contributed by atoms with Gasteiger partial charge >= 0.3 is 0 Å². The number of rotatable bonds is 3. The lowest BCUT2D eigenvalue weighted by atomic mass is 10.2. The van der Waals surface area contributed by atoms with Gasteiger partial charge in [0.2, 0.25) is 5.91 Å². The minimum absolute atomic E-state index is 0.0837. The molecule has 2 N–H and O–H groups in total. The zero-order valence-corrected chi connectivity index (χ0v) is 10.6. The minimum Gasteiger partial charge on any atom is -0.319 e. The molecule has 0 aliphatic carbocycles. The van der Waals surface area contributed by atoms with Crippen molar-refractivity contribution < 1.29 is 9.72 Å².